The number of aliphatic carboxylic acids is 1. The highest BCUT2D eigenvalue weighted by Gasteiger charge is 2.38. The van der Waals surface area contributed by atoms with E-state index in [0.717, 1.165) is 22.5 Å². The van der Waals surface area contributed by atoms with Gasteiger partial charge in [0.15, 0.2) is 0 Å². The Morgan fingerprint density at radius 3 is 2.59 bits per heavy atom. The van der Waals surface area contributed by atoms with Gasteiger partial charge in [-0.25, -0.2) is 13.2 Å². The Bertz CT molecular complexity index is 932. The van der Waals surface area contributed by atoms with E-state index in [1.807, 2.05) is 12.1 Å². The molecule has 0 aliphatic carbocycles. The van der Waals surface area contributed by atoms with E-state index in [9.17, 15) is 21.6 Å². The fourth-order valence-electron chi connectivity index (χ4n) is 2.42. The highest BCUT2D eigenvalue weighted by atomic mass is 32.2. The van der Waals surface area contributed by atoms with Gasteiger partial charge in [-0.2, -0.15) is 22.6 Å². The van der Waals surface area contributed by atoms with E-state index in [-0.39, 0.29) is 5.75 Å². The quantitative estimate of drug-likeness (QED) is 0.707. The molecule has 29 heavy (non-hydrogen) atoms. The lowest BCUT2D eigenvalue weighted by atomic mass is 10.2. The maximum Gasteiger partial charge on any atom is 0.490 e. The summed E-state index contributed by atoms with van der Waals surface area (Å²) in [6, 6.07) is 3.80. The fraction of sp³-hybridized carbons (Fsp3) is 0.438. The third-order valence-corrected chi connectivity index (χ3v) is 5.71. The summed E-state index contributed by atoms with van der Waals surface area (Å²) in [6.45, 7) is 3.18. The number of aromatic amines is 1. The molecule has 0 fully saturated rings. The van der Waals surface area contributed by atoms with Crippen molar-refractivity contribution in [3.8, 4) is 0 Å². The maximum atomic E-state index is 11.9. The highest BCUT2D eigenvalue weighted by molar-refractivity contribution is 7.89. The van der Waals surface area contributed by atoms with Crippen LogP contribution in [0, 0.1) is 0 Å². The van der Waals surface area contributed by atoms with Crippen LogP contribution in [0.25, 0.3) is 0 Å². The predicted octanol–water partition coefficient (Wildman–Crippen LogP) is 1.82. The lowest BCUT2D eigenvalue weighted by Crippen LogP contribution is -2.27. The van der Waals surface area contributed by atoms with Gasteiger partial charge in [-0.15, -0.1) is 0 Å². The smallest absolute Gasteiger partial charge is 0.475 e. The first-order valence-corrected chi connectivity index (χ1v) is 9.95. The standard InChI is InChI=1S/C14H18N4O3S.C2HF3O2/c1-2-22(19,20)18-7-12-13(8-18)16-17-14(12)10-21-9-11-4-3-5-15-6-11;3-2(4,5)1(6)7/h3-6H,2,7-10H2,1H3,(H,16,17);(H,6,7). The highest BCUT2D eigenvalue weighted by Crippen LogP contribution is 2.26. The number of carboxylic acids is 1. The summed E-state index contributed by atoms with van der Waals surface area (Å²) in [5, 5.41) is 14.3. The molecule has 0 saturated carbocycles. The molecular formula is C16H19F3N4O5S. The van der Waals surface area contributed by atoms with Crippen molar-refractivity contribution in [3.63, 3.8) is 0 Å². The Balaban J connectivity index is 0.000000370. The summed E-state index contributed by atoms with van der Waals surface area (Å²) in [5.74, 6) is -2.65. The van der Waals surface area contributed by atoms with Crippen molar-refractivity contribution in [3.05, 3.63) is 47.0 Å². The van der Waals surface area contributed by atoms with Gasteiger partial charge >= 0.3 is 12.1 Å². The topological polar surface area (TPSA) is 125 Å². The summed E-state index contributed by atoms with van der Waals surface area (Å²) >= 11 is 0. The van der Waals surface area contributed by atoms with Gasteiger partial charge in [0.2, 0.25) is 10.0 Å². The van der Waals surface area contributed by atoms with Crippen molar-refractivity contribution in [1.29, 1.82) is 0 Å². The van der Waals surface area contributed by atoms with E-state index in [1.54, 1.807) is 19.3 Å². The van der Waals surface area contributed by atoms with Gasteiger partial charge in [-0.1, -0.05) is 6.07 Å². The van der Waals surface area contributed by atoms with E-state index < -0.39 is 22.2 Å². The number of carboxylic acid groups (broad SMARTS) is 1. The number of aromatic nitrogens is 3. The Morgan fingerprint density at radius 2 is 2.03 bits per heavy atom. The number of ether oxygens (including phenoxy) is 1. The minimum Gasteiger partial charge on any atom is -0.475 e. The van der Waals surface area contributed by atoms with Crippen LogP contribution in [0.1, 0.15) is 29.4 Å². The van der Waals surface area contributed by atoms with E-state index >= 15 is 0 Å². The Kier molecular flexibility index (Phi) is 7.32. The number of halogens is 3. The zero-order valence-electron chi connectivity index (χ0n) is 15.3. The number of carbonyl (C=O) groups is 1. The molecule has 0 bridgehead atoms. The fourth-order valence-corrected chi connectivity index (χ4v) is 3.43. The van der Waals surface area contributed by atoms with Gasteiger partial charge in [0, 0.05) is 24.5 Å². The van der Waals surface area contributed by atoms with E-state index in [2.05, 4.69) is 15.2 Å². The van der Waals surface area contributed by atoms with Crippen LogP contribution in [0.15, 0.2) is 24.5 Å². The molecule has 0 atom stereocenters. The number of nitrogens with zero attached hydrogens (tertiary/aromatic N) is 3. The molecule has 1 aliphatic rings. The number of rotatable bonds is 6. The minimum absolute atomic E-state index is 0.109. The third-order valence-electron chi connectivity index (χ3n) is 3.94. The first kappa shape index (κ1) is 22.8. The third kappa shape index (κ3) is 6.24. The minimum atomic E-state index is -5.08. The molecule has 9 nitrogen and oxygen atoms in total. The predicted molar refractivity (Wildman–Crippen MR) is 93.7 cm³/mol. The van der Waals surface area contributed by atoms with Gasteiger partial charge in [0.05, 0.1) is 36.9 Å². The monoisotopic (exact) mass is 436 g/mol. The molecule has 0 unspecified atom stereocenters. The summed E-state index contributed by atoms with van der Waals surface area (Å²) in [6.07, 6.45) is -1.61. The first-order chi connectivity index (χ1) is 13.5. The van der Waals surface area contributed by atoms with Gasteiger partial charge < -0.3 is 9.84 Å². The van der Waals surface area contributed by atoms with Gasteiger partial charge in [-0.3, -0.25) is 10.1 Å². The van der Waals surface area contributed by atoms with Gasteiger partial charge in [0.1, 0.15) is 0 Å². The Morgan fingerprint density at radius 1 is 1.34 bits per heavy atom. The number of sulfonamides is 1. The zero-order chi connectivity index (χ0) is 21.7. The van der Waals surface area contributed by atoms with Crippen LogP contribution in [-0.4, -0.2) is 50.9 Å². The second-order valence-electron chi connectivity index (χ2n) is 5.95. The average molecular weight is 436 g/mol. The lowest BCUT2D eigenvalue weighted by molar-refractivity contribution is -0.192. The van der Waals surface area contributed by atoms with Crippen LogP contribution in [-0.2, 0) is 45.9 Å². The van der Waals surface area contributed by atoms with Crippen LogP contribution in [0.2, 0.25) is 0 Å². The van der Waals surface area contributed by atoms with Crippen molar-refractivity contribution in [2.24, 2.45) is 0 Å². The van der Waals surface area contributed by atoms with Crippen molar-refractivity contribution in [2.75, 3.05) is 5.75 Å². The Labute approximate surface area is 164 Å². The molecule has 0 radical (unpaired) electrons. The van der Waals surface area contributed by atoms with E-state index in [0.29, 0.717) is 26.3 Å². The molecule has 2 aromatic heterocycles. The molecule has 2 aromatic rings. The molecule has 3 heterocycles. The second kappa shape index (κ2) is 9.33. The number of nitrogens with one attached hydrogen (secondary N) is 1. The van der Waals surface area contributed by atoms with Crippen molar-refractivity contribution >= 4 is 16.0 Å². The molecular weight excluding hydrogens is 417 g/mol. The number of alkyl halides is 3. The number of pyridine rings is 1. The summed E-state index contributed by atoms with van der Waals surface area (Å²) in [7, 11) is -3.18. The first-order valence-electron chi connectivity index (χ1n) is 8.34. The number of hydrogen-bond acceptors (Lipinski definition) is 6. The van der Waals surface area contributed by atoms with Crippen molar-refractivity contribution in [1.82, 2.24) is 19.5 Å². The van der Waals surface area contributed by atoms with E-state index in [1.165, 1.54) is 4.31 Å². The molecule has 0 amide bonds. The van der Waals surface area contributed by atoms with Crippen LogP contribution >= 0.6 is 0 Å². The van der Waals surface area contributed by atoms with Crippen LogP contribution in [0.3, 0.4) is 0 Å². The molecule has 3 rings (SSSR count). The van der Waals surface area contributed by atoms with Crippen LogP contribution in [0.5, 0.6) is 0 Å². The lowest BCUT2D eigenvalue weighted by Gasteiger charge is -2.14. The molecule has 0 saturated heterocycles. The molecule has 2 N–H and O–H groups in total. The molecule has 0 aromatic carbocycles. The molecule has 13 heteroatoms. The van der Waals surface area contributed by atoms with E-state index in [4.69, 9.17) is 14.6 Å². The van der Waals surface area contributed by atoms with Crippen molar-refractivity contribution in [2.45, 2.75) is 39.4 Å². The molecule has 0 spiro atoms. The van der Waals surface area contributed by atoms with Gasteiger partial charge in [-0.05, 0) is 18.6 Å². The SMILES string of the molecule is CCS(=O)(=O)N1Cc2[nH]nc(COCc3cccnc3)c2C1.O=C(O)C(F)(F)F. The molecule has 160 valence electrons. The number of hydrogen-bond donors (Lipinski definition) is 2. The van der Waals surface area contributed by atoms with Gasteiger partial charge in [0.25, 0.3) is 0 Å². The Hall–Kier alpha value is -2.51. The summed E-state index contributed by atoms with van der Waals surface area (Å²) in [5.41, 5.74) is 3.55. The number of H-pyrrole nitrogens is 1. The summed E-state index contributed by atoms with van der Waals surface area (Å²) in [4.78, 5) is 12.9. The molecule has 1 aliphatic heterocycles. The van der Waals surface area contributed by atoms with Crippen LogP contribution < -0.4 is 0 Å². The van der Waals surface area contributed by atoms with Crippen molar-refractivity contribution < 1.29 is 36.2 Å². The summed E-state index contributed by atoms with van der Waals surface area (Å²) < 4.78 is 62.7. The largest absolute Gasteiger partial charge is 0.490 e. The average Bonchev–Trinajstić information content (AvgIpc) is 3.24. The number of fused-ring (bicyclic) bond motifs is 1. The second-order valence-corrected chi connectivity index (χ2v) is 8.21. The van der Waals surface area contributed by atoms with Crippen LogP contribution in [0.4, 0.5) is 13.2 Å². The maximum absolute atomic E-state index is 11.9. The normalized spacial score (nSPS) is 14.2. The zero-order valence-corrected chi connectivity index (χ0v) is 16.1.